The van der Waals surface area contributed by atoms with E-state index in [9.17, 15) is 26.7 Å². The molecule has 1 aliphatic rings. The van der Waals surface area contributed by atoms with Gasteiger partial charge in [0.15, 0.2) is 24.1 Å². The molecule has 4 rings (SSSR count). The van der Waals surface area contributed by atoms with Crippen LogP contribution in [0.25, 0.3) is 0 Å². The van der Waals surface area contributed by atoms with Gasteiger partial charge in [-0.15, -0.1) is 0 Å². The van der Waals surface area contributed by atoms with E-state index in [0.717, 1.165) is 18.2 Å². The molecule has 0 unspecified atom stereocenters. The summed E-state index contributed by atoms with van der Waals surface area (Å²) in [6.07, 6.45) is -2.97. The minimum absolute atomic E-state index is 0.0315. The van der Waals surface area contributed by atoms with E-state index < -0.39 is 23.4 Å². The van der Waals surface area contributed by atoms with Gasteiger partial charge in [-0.1, -0.05) is 18.2 Å². The standard InChI is InChI=1S/C23H21F5N4O2/c24-19-6-1-3-16(21(19)25)14-30-9-11-31(12-10-30)22(33)20-7-8-32(29-20)15-34-18-5-2-4-17(13-18)23(26,27)28/h1-8,13H,9-12,14-15H2. The predicted octanol–water partition coefficient (Wildman–Crippen LogP) is 4.17. The molecule has 1 amide bonds. The van der Waals surface area contributed by atoms with Crippen molar-refractivity contribution in [1.82, 2.24) is 19.6 Å². The zero-order valence-corrected chi connectivity index (χ0v) is 17.9. The molecular weight excluding hydrogens is 459 g/mol. The lowest BCUT2D eigenvalue weighted by Gasteiger charge is -2.34. The molecular formula is C23H21F5N4O2. The third-order valence-corrected chi connectivity index (χ3v) is 5.47. The fourth-order valence-corrected chi connectivity index (χ4v) is 3.63. The van der Waals surface area contributed by atoms with Gasteiger partial charge in [0.2, 0.25) is 0 Å². The Morgan fingerprint density at radius 2 is 1.74 bits per heavy atom. The molecule has 1 fully saturated rings. The fourth-order valence-electron chi connectivity index (χ4n) is 3.63. The summed E-state index contributed by atoms with van der Waals surface area (Å²) in [6, 6.07) is 10.1. The van der Waals surface area contributed by atoms with E-state index in [1.165, 1.54) is 41.2 Å². The SMILES string of the molecule is O=C(c1ccn(COc2cccc(C(F)(F)F)c2)n1)N1CCN(Cc2cccc(F)c2F)CC1. The molecule has 6 nitrogen and oxygen atoms in total. The molecule has 0 saturated carbocycles. The Bertz CT molecular complexity index is 1160. The quantitative estimate of drug-likeness (QED) is 0.497. The maximum absolute atomic E-state index is 13.9. The number of aromatic nitrogens is 2. The van der Waals surface area contributed by atoms with Crippen LogP contribution in [-0.4, -0.2) is 51.7 Å². The normalized spacial score (nSPS) is 14.9. The van der Waals surface area contributed by atoms with Crippen LogP contribution in [0.2, 0.25) is 0 Å². The Morgan fingerprint density at radius 1 is 1.00 bits per heavy atom. The monoisotopic (exact) mass is 480 g/mol. The Kier molecular flexibility index (Phi) is 6.82. The molecule has 0 aliphatic carbocycles. The lowest BCUT2D eigenvalue weighted by Crippen LogP contribution is -2.48. The number of nitrogens with zero attached hydrogens (tertiary/aromatic N) is 4. The number of benzene rings is 2. The van der Waals surface area contributed by atoms with Gasteiger partial charge in [-0.3, -0.25) is 9.69 Å². The Morgan fingerprint density at radius 3 is 2.47 bits per heavy atom. The highest BCUT2D eigenvalue weighted by atomic mass is 19.4. The van der Waals surface area contributed by atoms with Crippen molar-refractivity contribution < 1.29 is 31.5 Å². The van der Waals surface area contributed by atoms with E-state index >= 15 is 0 Å². The second kappa shape index (κ2) is 9.80. The third kappa shape index (κ3) is 5.53. The van der Waals surface area contributed by atoms with Crippen molar-refractivity contribution in [2.45, 2.75) is 19.5 Å². The summed E-state index contributed by atoms with van der Waals surface area (Å²) >= 11 is 0. The predicted molar refractivity (Wildman–Crippen MR) is 112 cm³/mol. The van der Waals surface area contributed by atoms with Gasteiger partial charge in [-0.2, -0.15) is 18.3 Å². The average Bonchev–Trinajstić information content (AvgIpc) is 3.29. The second-order valence-corrected chi connectivity index (χ2v) is 7.82. The molecule has 0 atom stereocenters. The highest BCUT2D eigenvalue weighted by Crippen LogP contribution is 2.31. The number of hydrogen-bond donors (Lipinski definition) is 0. The lowest BCUT2D eigenvalue weighted by molar-refractivity contribution is -0.137. The van der Waals surface area contributed by atoms with E-state index in [0.29, 0.717) is 26.2 Å². The van der Waals surface area contributed by atoms with Gasteiger partial charge in [-0.05, 0) is 30.3 Å². The lowest BCUT2D eigenvalue weighted by atomic mass is 10.1. The smallest absolute Gasteiger partial charge is 0.416 e. The van der Waals surface area contributed by atoms with E-state index in [4.69, 9.17) is 4.74 Å². The average molecular weight is 480 g/mol. The van der Waals surface area contributed by atoms with Gasteiger partial charge in [-0.25, -0.2) is 13.5 Å². The van der Waals surface area contributed by atoms with Crippen molar-refractivity contribution >= 4 is 5.91 Å². The maximum Gasteiger partial charge on any atom is 0.416 e. The molecule has 0 spiro atoms. The summed E-state index contributed by atoms with van der Waals surface area (Å²) < 4.78 is 72.4. The first-order chi connectivity index (χ1) is 16.2. The zero-order chi connectivity index (χ0) is 24.3. The van der Waals surface area contributed by atoms with E-state index in [1.54, 1.807) is 4.90 Å². The van der Waals surface area contributed by atoms with Crippen LogP contribution in [0.5, 0.6) is 5.75 Å². The van der Waals surface area contributed by atoms with Crippen LogP contribution in [0.15, 0.2) is 54.7 Å². The number of halogens is 5. The number of carbonyl (C=O) groups is 1. The summed E-state index contributed by atoms with van der Waals surface area (Å²) in [5.41, 5.74) is -0.378. The van der Waals surface area contributed by atoms with E-state index in [-0.39, 0.29) is 36.2 Å². The van der Waals surface area contributed by atoms with Gasteiger partial charge in [0.25, 0.3) is 5.91 Å². The highest BCUT2D eigenvalue weighted by Gasteiger charge is 2.30. The van der Waals surface area contributed by atoms with Gasteiger partial charge in [0.1, 0.15) is 5.75 Å². The molecule has 1 saturated heterocycles. The summed E-state index contributed by atoms with van der Waals surface area (Å²) in [4.78, 5) is 16.3. The minimum Gasteiger partial charge on any atom is -0.471 e. The Balaban J connectivity index is 1.29. The van der Waals surface area contributed by atoms with Gasteiger partial charge in [0, 0.05) is 44.5 Å². The molecule has 0 radical (unpaired) electrons. The number of carbonyl (C=O) groups excluding carboxylic acids is 1. The van der Waals surface area contributed by atoms with Crippen LogP contribution < -0.4 is 4.74 Å². The number of ether oxygens (including phenoxy) is 1. The van der Waals surface area contributed by atoms with Crippen molar-refractivity contribution in [2.24, 2.45) is 0 Å². The molecule has 2 aromatic carbocycles. The van der Waals surface area contributed by atoms with Gasteiger partial charge in [0.05, 0.1) is 5.56 Å². The number of amides is 1. The van der Waals surface area contributed by atoms with E-state index in [1.807, 2.05) is 4.90 Å². The topological polar surface area (TPSA) is 50.6 Å². The van der Waals surface area contributed by atoms with Gasteiger partial charge < -0.3 is 9.64 Å². The highest BCUT2D eigenvalue weighted by molar-refractivity contribution is 5.92. The third-order valence-electron chi connectivity index (χ3n) is 5.47. The molecule has 11 heteroatoms. The number of rotatable bonds is 6. The second-order valence-electron chi connectivity index (χ2n) is 7.82. The van der Waals surface area contributed by atoms with Crippen LogP contribution in [0.1, 0.15) is 21.6 Å². The number of alkyl halides is 3. The molecule has 1 aromatic heterocycles. The largest absolute Gasteiger partial charge is 0.471 e. The molecule has 34 heavy (non-hydrogen) atoms. The van der Waals surface area contributed by atoms with Crippen LogP contribution in [0.3, 0.4) is 0 Å². The fraction of sp³-hybridized carbons (Fsp3) is 0.304. The molecule has 180 valence electrons. The zero-order valence-electron chi connectivity index (χ0n) is 17.9. The summed E-state index contributed by atoms with van der Waals surface area (Å²) in [7, 11) is 0. The van der Waals surface area contributed by atoms with Crippen LogP contribution in [-0.2, 0) is 19.5 Å². The first-order valence-corrected chi connectivity index (χ1v) is 10.5. The first-order valence-electron chi connectivity index (χ1n) is 10.5. The molecule has 3 aromatic rings. The maximum atomic E-state index is 13.9. The van der Waals surface area contributed by atoms with E-state index in [2.05, 4.69) is 5.10 Å². The van der Waals surface area contributed by atoms with Gasteiger partial charge >= 0.3 is 6.18 Å². The van der Waals surface area contributed by atoms with Crippen LogP contribution >= 0.6 is 0 Å². The molecule has 0 N–H and O–H groups in total. The van der Waals surface area contributed by atoms with Crippen molar-refractivity contribution in [3.63, 3.8) is 0 Å². The number of piperazine rings is 1. The van der Waals surface area contributed by atoms with Crippen molar-refractivity contribution in [3.05, 3.63) is 83.2 Å². The minimum atomic E-state index is -4.47. The van der Waals surface area contributed by atoms with Crippen molar-refractivity contribution in [2.75, 3.05) is 26.2 Å². The summed E-state index contributed by atoms with van der Waals surface area (Å²) in [6.45, 7) is 1.84. The molecule has 1 aliphatic heterocycles. The van der Waals surface area contributed by atoms with Crippen molar-refractivity contribution in [3.8, 4) is 5.75 Å². The molecule has 0 bridgehead atoms. The summed E-state index contributed by atoms with van der Waals surface area (Å²) in [5.74, 6) is -2.02. The number of hydrogen-bond acceptors (Lipinski definition) is 4. The van der Waals surface area contributed by atoms with Crippen LogP contribution in [0.4, 0.5) is 22.0 Å². The summed E-state index contributed by atoms with van der Waals surface area (Å²) in [5, 5.41) is 4.15. The first kappa shape index (κ1) is 23.7. The van der Waals surface area contributed by atoms with Crippen LogP contribution in [0, 0.1) is 11.6 Å². The Labute approximate surface area is 192 Å². The van der Waals surface area contributed by atoms with Crippen molar-refractivity contribution in [1.29, 1.82) is 0 Å². The molecule has 2 heterocycles. The Hall–Kier alpha value is -3.47.